The summed E-state index contributed by atoms with van der Waals surface area (Å²) in [5.74, 6) is -1.75. The smallest absolute Gasteiger partial charge is 0.338 e. The van der Waals surface area contributed by atoms with Gasteiger partial charge in [0.05, 0.1) is 18.2 Å². The molecule has 0 spiro atoms. The molecule has 3 aliphatic heterocycles. The number of benzene rings is 1. The fourth-order valence-corrected chi connectivity index (χ4v) is 8.65. The van der Waals surface area contributed by atoms with Crippen LogP contribution in [0, 0.1) is 18.2 Å². The van der Waals surface area contributed by atoms with Crippen molar-refractivity contribution in [3.8, 4) is 0 Å². The van der Waals surface area contributed by atoms with Gasteiger partial charge >= 0.3 is 18.0 Å². The number of esters is 1. The Labute approximate surface area is 263 Å². The van der Waals surface area contributed by atoms with Crippen LogP contribution in [0.4, 0.5) is 9.18 Å². The number of carboxylic acids is 1. The van der Waals surface area contributed by atoms with Crippen LogP contribution in [-0.4, -0.2) is 111 Å². The number of halogens is 1. The number of amides is 2. The molecule has 8 rings (SSSR count). The van der Waals surface area contributed by atoms with E-state index < -0.39 is 35.9 Å². The molecule has 2 unspecified atom stereocenters. The van der Waals surface area contributed by atoms with Gasteiger partial charge in [0.25, 0.3) is 0 Å². The van der Waals surface area contributed by atoms with Crippen molar-refractivity contribution >= 4 is 35.1 Å². The summed E-state index contributed by atoms with van der Waals surface area (Å²) in [4.78, 5) is 54.5. The molecular weight excluding hydrogens is 603 g/mol. The first-order valence-corrected chi connectivity index (χ1v) is 16.0. The number of aliphatic hydroxyl groups excluding tert-OH is 1. The zero-order valence-electron chi connectivity index (χ0n) is 25.0. The van der Waals surface area contributed by atoms with Crippen molar-refractivity contribution in [2.75, 3.05) is 39.4 Å². The molecule has 3 aliphatic carbocycles. The van der Waals surface area contributed by atoms with E-state index in [4.69, 9.17) is 9.73 Å². The lowest BCUT2D eigenvalue weighted by Crippen LogP contribution is -2.76. The Morgan fingerprint density at radius 3 is 2.69 bits per heavy atom. The average molecular weight is 639 g/mol. The highest BCUT2D eigenvalue weighted by Gasteiger charge is 2.72. The molecule has 238 valence electrons. The molecule has 4 heterocycles. The summed E-state index contributed by atoms with van der Waals surface area (Å²) in [6.45, 7) is 4.41. The molecule has 2 bridgehead atoms. The molecule has 3 N–H and O–H groups in total. The quantitative estimate of drug-likeness (QED) is 0.352. The minimum Gasteiger partial charge on any atom is -0.480 e. The summed E-state index contributed by atoms with van der Waals surface area (Å²) in [5, 5.41) is 25.9. The number of carbonyl (C=O) groups excluding carboxylic acids is 2. The normalized spacial score (nSPS) is 30.7. The number of fused-ring (bicyclic) bond motifs is 1. The monoisotopic (exact) mass is 638 g/mol. The van der Waals surface area contributed by atoms with Gasteiger partial charge in [-0.15, -0.1) is 11.3 Å². The maximum atomic E-state index is 14.8. The number of urea groups is 1. The van der Waals surface area contributed by atoms with E-state index in [0.717, 1.165) is 19.3 Å². The first-order valence-electron chi connectivity index (χ1n) is 15.2. The average Bonchev–Trinajstić information content (AvgIpc) is 3.62. The number of carbonyl (C=O) groups is 3. The Bertz CT molecular complexity index is 1610. The molecule has 45 heavy (non-hydrogen) atoms. The van der Waals surface area contributed by atoms with Gasteiger partial charge in [0.1, 0.15) is 17.9 Å². The summed E-state index contributed by atoms with van der Waals surface area (Å²) < 4.78 is 20.3. The number of rotatable bonds is 9. The van der Waals surface area contributed by atoms with E-state index in [1.54, 1.807) is 47.4 Å². The Hall–Kier alpha value is -3.88. The topological polar surface area (TPSA) is 148 Å². The SMILES string of the molecule is CCOC(=O)C1=C(CN2CCN3C(=O)N(C45CC(CO)(C4)C5)C[C@@H]3C2C(=O)O)NC(c2nccs2)=NC1c1cccc(F)c1C. The van der Waals surface area contributed by atoms with E-state index in [-0.39, 0.29) is 55.4 Å². The lowest BCUT2D eigenvalue weighted by atomic mass is 9.39. The van der Waals surface area contributed by atoms with E-state index in [9.17, 15) is 29.0 Å². The number of aliphatic hydroxyl groups is 1. The van der Waals surface area contributed by atoms with Gasteiger partial charge in [-0.1, -0.05) is 12.1 Å². The highest BCUT2D eigenvalue weighted by Crippen LogP contribution is 2.70. The number of thiazole rings is 1. The van der Waals surface area contributed by atoms with Crippen LogP contribution in [0.15, 0.2) is 46.0 Å². The van der Waals surface area contributed by atoms with Gasteiger partial charge in [-0.05, 0) is 50.3 Å². The van der Waals surface area contributed by atoms with Gasteiger partial charge in [0.15, 0.2) is 10.8 Å². The Morgan fingerprint density at radius 1 is 1.24 bits per heavy atom. The maximum Gasteiger partial charge on any atom is 0.338 e. The minimum absolute atomic E-state index is 0.0255. The van der Waals surface area contributed by atoms with Crippen molar-refractivity contribution in [3.63, 3.8) is 0 Å². The predicted octanol–water partition coefficient (Wildman–Crippen LogP) is 2.29. The number of aliphatic imine (C=N–C) groups is 1. The molecule has 14 heteroatoms. The number of ether oxygens (including phenoxy) is 1. The van der Waals surface area contributed by atoms with Crippen molar-refractivity contribution in [1.82, 2.24) is 25.0 Å². The Kier molecular flexibility index (Phi) is 7.21. The Morgan fingerprint density at radius 2 is 2.02 bits per heavy atom. The van der Waals surface area contributed by atoms with Gasteiger partial charge in [-0.3, -0.25) is 14.7 Å². The molecule has 1 aromatic carbocycles. The first-order chi connectivity index (χ1) is 21.6. The molecular formula is C31H35FN6O6S. The molecule has 2 saturated heterocycles. The molecule has 2 amide bonds. The van der Waals surface area contributed by atoms with Crippen molar-refractivity contribution in [2.45, 2.75) is 56.8 Å². The second-order valence-electron chi connectivity index (χ2n) is 12.7. The lowest BCUT2D eigenvalue weighted by Gasteiger charge is -2.72. The van der Waals surface area contributed by atoms with Gasteiger partial charge in [0, 0.05) is 61.0 Å². The van der Waals surface area contributed by atoms with E-state index >= 15 is 0 Å². The molecule has 12 nitrogen and oxygen atoms in total. The van der Waals surface area contributed by atoms with Crippen molar-refractivity contribution in [1.29, 1.82) is 0 Å². The van der Waals surface area contributed by atoms with Gasteiger partial charge < -0.3 is 30.1 Å². The number of aliphatic carboxylic acids is 1. The molecule has 3 atom stereocenters. The highest BCUT2D eigenvalue weighted by molar-refractivity contribution is 7.11. The summed E-state index contributed by atoms with van der Waals surface area (Å²) in [6, 6.07) is 1.92. The predicted molar refractivity (Wildman–Crippen MR) is 161 cm³/mol. The van der Waals surface area contributed by atoms with Crippen LogP contribution in [0.25, 0.3) is 0 Å². The van der Waals surface area contributed by atoms with Gasteiger partial charge in [-0.25, -0.2) is 19.0 Å². The largest absolute Gasteiger partial charge is 0.480 e. The van der Waals surface area contributed by atoms with Crippen LogP contribution in [0.5, 0.6) is 0 Å². The van der Waals surface area contributed by atoms with E-state index in [1.807, 2.05) is 4.90 Å². The third-order valence-electron chi connectivity index (χ3n) is 10.1. The number of hydrogen-bond acceptors (Lipinski definition) is 10. The Balaban J connectivity index is 1.24. The molecule has 2 aromatic rings. The molecule has 5 fully saturated rings. The second-order valence-corrected chi connectivity index (χ2v) is 13.6. The highest BCUT2D eigenvalue weighted by atomic mass is 32.1. The van der Waals surface area contributed by atoms with Crippen LogP contribution in [-0.2, 0) is 14.3 Å². The zero-order valence-corrected chi connectivity index (χ0v) is 25.8. The zero-order chi connectivity index (χ0) is 31.7. The molecule has 0 radical (unpaired) electrons. The number of carboxylic acid groups (broad SMARTS) is 1. The molecule has 3 saturated carbocycles. The molecule has 6 aliphatic rings. The van der Waals surface area contributed by atoms with Crippen LogP contribution in [0.3, 0.4) is 0 Å². The summed E-state index contributed by atoms with van der Waals surface area (Å²) in [5.41, 5.74) is 0.993. The molecule has 1 aromatic heterocycles. The second kappa shape index (κ2) is 10.9. The number of hydrogen-bond donors (Lipinski definition) is 3. The van der Waals surface area contributed by atoms with Crippen LogP contribution in [0.2, 0.25) is 0 Å². The lowest BCUT2D eigenvalue weighted by molar-refractivity contribution is -0.218. The fraction of sp³-hybridized carbons (Fsp3) is 0.516. The van der Waals surface area contributed by atoms with Gasteiger partial charge in [-0.2, -0.15) is 0 Å². The number of nitrogens with one attached hydrogen (secondary N) is 1. The standard InChI is InChI=1S/C31H35FN6O6S/c1-3-44-28(42)22-20(34-25(26-33-7-10-45-26)35-23(22)18-5-4-6-19(32)17(18)2)11-36-8-9-37-21(24(36)27(40)41)12-38(29(37)43)31-13-30(14-31,15-31)16-39/h4-7,10,21,23-24,39H,3,8-9,11-16H2,1-2H3,(H,34,35)(H,40,41)/t21-,23?,24?,30?,31?/m1/s1. The summed E-state index contributed by atoms with van der Waals surface area (Å²) in [6.07, 6.45) is 3.85. The third-order valence-corrected chi connectivity index (χ3v) is 10.9. The van der Waals surface area contributed by atoms with Gasteiger partial charge in [0.2, 0.25) is 0 Å². The van der Waals surface area contributed by atoms with Crippen LogP contribution in [0.1, 0.15) is 48.4 Å². The number of nitrogens with zero attached hydrogens (tertiary/aromatic N) is 5. The fourth-order valence-electron chi connectivity index (χ4n) is 8.07. The van der Waals surface area contributed by atoms with Crippen LogP contribution >= 0.6 is 11.3 Å². The summed E-state index contributed by atoms with van der Waals surface area (Å²) >= 11 is 1.35. The maximum absolute atomic E-state index is 14.8. The number of piperazine rings is 1. The van der Waals surface area contributed by atoms with Crippen molar-refractivity contribution < 1.29 is 33.7 Å². The van der Waals surface area contributed by atoms with E-state index in [2.05, 4.69) is 10.3 Å². The third kappa shape index (κ3) is 4.64. The first kappa shape index (κ1) is 29.8. The number of amidine groups is 1. The van der Waals surface area contributed by atoms with E-state index in [0.29, 0.717) is 34.2 Å². The summed E-state index contributed by atoms with van der Waals surface area (Å²) in [7, 11) is 0. The van der Waals surface area contributed by atoms with Crippen molar-refractivity contribution in [3.05, 3.63) is 63.0 Å². The van der Waals surface area contributed by atoms with E-state index in [1.165, 1.54) is 17.4 Å². The van der Waals surface area contributed by atoms with Crippen LogP contribution < -0.4 is 5.32 Å². The van der Waals surface area contributed by atoms with Crippen molar-refractivity contribution in [2.24, 2.45) is 10.4 Å². The number of aromatic nitrogens is 1. The minimum atomic E-state index is -1.07.